The van der Waals surface area contributed by atoms with Gasteiger partial charge in [-0.25, -0.2) is 13.4 Å². The van der Waals surface area contributed by atoms with Gasteiger partial charge >= 0.3 is 15.5 Å². The van der Waals surface area contributed by atoms with Crippen molar-refractivity contribution < 1.29 is 21.6 Å². The third kappa shape index (κ3) is 4.97. The van der Waals surface area contributed by atoms with E-state index >= 15 is 0 Å². The van der Waals surface area contributed by atoms with Crippen LogP contribution in [0.4, 0.5) is 18.9 Å². The molecule has 0 saturated heterocycles. The van der Waals surface area contributed by atoms with E-state index in [1.54, 1.807) is 19.2 Å². The molecule has 34 heavy (non-hydrogen) atoms. The normalized spacial score (nSPS) is 17.4. The number of anilines is 1. The summed E-state index contributed by atoms with van der Waals surface area (Å²) in [5.41, 5.74) is -1.45. The SMILES string of the molecule is Cc1ncc(CN2c3cccc(C)c3CN(S(=O)(=O)C(F)(F)F)CC2CCc2ccccc2)[nH]1. The van der Waals surface area contributed by atoms with Crippen molar-refractivity contribution in [3.8, 4) is 0 Å². The summed E-state index contributed by atoms with van der Waals surface area (Å²) < 4.78 is 66.4. The highest BCUT2D eigenvalue weighted by molar-refractivity contribution is 7.89. The molecule has 10 heteroatoms. The monoisotopic (exact) mass is 492 g/mol. The summed E-state index contributed by atoms with van der Waals surface area (Å²) in [6.07, 6.45) is 2.79. The number of aromatic nitrogens is 2. The van der Waals surface area contributed by atoms with Gasteiger partial charge in [0.05, 0.1) is 18.4 Å². The third-order valence-electron chi connectivity index (χ3n) is 6.22. The topological polar surface area (TPSA) is 69.3 Å². The number of fused-ring (bicyclic) bond motifs is 1. The summed E-state index contributed by atoms with van der Waals surface area (Å²) in [6.45, 7) is 3.39. The first kappa shape index (κ1) is 24.3. The molecular formula is C24H27F3N4O2S. The molecule has 2 aromatic carbocycles. The molecule has 1 atom stereocenters. The Balaban J connectivity index is 1.78. The van der Waals surface area contributed by atoms with Gasteiger partial charge in [0.1, 0.15) is 5.82 Å². The van der Waals surface area contributed by atoms with Crippen LogP contribution in [-0.2, 0) is 29.5 Å². The smallest absolute Gasteiger partial charge is 0.361 e. The van der Waals surface area contributed by atoms with Gasteiger partial charge in [0.25, 0.3) is 0 Å². The highest BCUT2D eigenvalue weighted by atomic mass is 32.2. The van der Waals surface area contributed by atoms with E-state index in [0.29, 0.717) is 29.3 Å². The van der Waals surface area contributed by atoms with Crippen LogP contribution in [0.1, 0.15) is 34.6 Å². The molecule has 1 N–H and O–H groups in total. The van der Waals surface area contributed by atoms with E-state index in [9.17, 15) is 21.6 Å². The number of H-pyrrole nitrogens is 1. The van der Waals surface area contributed by atoms with Crippen LogP contribution in [0, 0.1) is 13.8 Å². The van der Waals surface area contributed by atoms with E-state index in [-0.39, 0.29) is 13.1 Å². The number of nitrogens with one attached hydrogen (secondary N) is 1. The molecule has 1 aliphatic rings. The second-order valence-electron chi connectivity index (χ2n) is 8.62. The summed E-state index contributed by atoms with van der Waals surface area (Å²) >= 11 is 0. The van der Waals surface area contributed by atoms with Gasteiger partial charge in [0.15, 0.2) is 0 Å². The van der Waals surface area contributed by atoms with Crippen LogP contribution in [0.5, 0.6) is 0 Å². The van der Waals surface area contributed by atoms with Crippen molar-refractivity contribution in [2.24, 2.45) is 0 Å². The van der Waals surface area contributed by atoms with Crippen molar-refractivity contribution in [1.29, 1.82) is 0 Å². The van der Waals surface area contributed by atoms with Crippen molar-refractivity contribution in [1.82, 2.24) is 14.3 Å². The van der Waals surface area contributed by atoms with Gasteiger partial charge in [-0.2, -0.15) is 17.5 Å². The van der Waals surface area contributed by atoms with Crippen molar-refractivity contribution in [3.63, 3.8) is 0 Å². The number of sulfonamides is 1. The fraction of sp³-hybridized carbons (Fsp3) is 0.375. The molecule has 6 nitrogen and oxygen atoms in total. The van der Waals surface area contributed by atoms with Crippen LogP contribution < -0.4 is 4.90 Å². The minimum Gasteiger partial charge on any atom is -0.361 e. The number of hydrogen-bond donors (Lipinski definition) is 1. The Bertz CT molecular complexity index is 1240. The summed E-state index contributed by atoms with van der Waals surface area (Å²) in [6, 6.07) is 14.7. The number of hydrogen-bond acceptors (Lipinski definition) is 4. The molecule has 0 amide bonds. The first-order valence-electron chi connectivity index (χ1n) is 11.0. The number of alkyl halides is 3. The number of benzene rings is 2. The standard InChI is InChI=1S/C24H27F3N4O2S/c1-17-7-6-10-23-22(17)16-30(34(32,33)24(25,26)27)15-21(12-11-19-8-4-3-5-9-19)31(23)14-20-13-28-18(2)29-20/h3-10,13,21H,11-12,14-16H2,1-2H3,(H,28,29). The van der Waals surface area contributed by atoms with Crippen molar-refractivity contribution in [3.05, 3.63) is 82.9 Å². The first-order valence-corrected chi connectivity index (χ1v) is 12.5. The predicted octanol–water partition coefficient (Wildman–Crippen LogP) is 4.70. The molecule has 1 aromatic heterocycles. The van der Waals surface area contributed by atoms with E-state index in [4.69, 9.17) is 0 Å². The zero-order valence-electron chi connectivity index (χ0n) is 19.0. The number of aromatic amines is 1. The number of imidazole rings is 1. The molecule has 0 spiro atoms. The van der Waals surface area contributed by atoms with Gasteiger partial charge in [0.2, 0.25) is 0 Å². The highest BCUT2D eigenvalue weighted by Crippen LogP contribution is 2.37. The van der Waals surface area contributed by atoms with Crippen LogP contribution in [0.15, 0.2) is 54.7 Å². The molecule has 0 fully saturated rings. The summed E-state index contributed by atoms with van der Waals surface area (Å²) in [4.78, 5) is 9.45. The Hall–Kier alpha value is -2.85. The lowest BCUT2D eigenvalue weighted by Gasteiger charge is -2.34. The number of rotatable bonds is 6. The zero-order valence-corrected chi connectivity index (χ0v) is 19.8. The fourth-order valence-corrected chi connectivity index (χ4v) is 5.40. The average molecular weight is 493 g/mol. The Morgan fingerprint density at radius 2 is 1.82 bits per heavy atom. The van der Waals surface area contributed by atoms with Crippen LogP contribution in [0.3, 0.4) is 0 Å². The molecule has 182 valence electrons. The van der Waals surface area contributed by atoms with Crippen molar-refractivity contribution >= 4 is 15.7 Å². The minimum absolute atomic E-state index is 0.268. The van der Waals surface area contributed by atoms with E-state index in [1.807, 2.05) is 54.3 Å². The zero-order chi connectivity index (χ0) is 24.5. The van der Waals surface area contributed by atoms with Crippen LogP contribution in [-0.4, -0.2) is 40.8 Å². The lowest BCUT2D eigenvalue weighted by Crippen LogP contribution is -2.47. The maximum Gasteiger partial charge on any atom is 0.511 e. The first-order chi connectivity index (χ1) is 16.1. The van der Waals surface area contributed by atoms with Crippen LogP contribution in [0.2, 0.25) is 0 Å². The van der Waals surface area contributed by atoms with Crippen molar-refractivity contribution in [2.75, 3.05) is 11.4 Å². The highest BCUT2D eigenvalue weighted by Gasteiger charge is 2.51. The van der Waals surface area contributed by atoms with E-state index in [0.717, 1.165) is 28.3 Å². The lowest BCUT2D eigenvalue weighted by molar-refractivity contribution is -0.0492. The van der Waals surface area contributed by atoms with Gasteiger partial charge < -0.3 is 9.88 Å². The van der Waals surface area contributed by atoms with Gasteiger partial charge in [0, 0.05) is 24.8 Å². The van der Waals surface area contributed by atoms with E-state index in [1.165, 1.54) is 0 Å². The molecule has 1 aliphatic heterocycles. The summed E-state index contributed by atoms with van der Waals surface area (Å²) in [7, 11) is -5.50. The fourth-order valence-electron chi connectivity index (χ4n) is 4.44. The van der Waals surface area contributed by atoms with Gasteiger partial charge in [-0.05, 0) is 49.4 Å². The van der Waals surface area contributed by atoms with E-state index < -0.39 is 21.6 Å². The predicted molar refractivity (Wildman–Crippen MR) is 125 cm³/mol. The second-order valence-corrected chi connectivity index (χ2v) is 10.5. The van der Waals surface area contributed by atoms with Gasteiger partial charge in [-0.15, -0.1) is 0 Å². The molecule has 4 rings (SSSR count). The molecule has 0 bridgehead atoms. The second kappa shape index (κ2) is 9.42. The number of halogens is 3. The molecule has 1 unspecified atom stereocenters. The molecule has 0 saturated carbocycles. The largest absolute Gasteiger partial charge is 0.511 e. The molecule has 2 heterocycles. The number of aryl methyl sites for hydroxylation is 3. The van der Waals surface area contributed by atoms with Crippen LogP contribution >= 0.6 is 0 Å². The van der Waals surface area contributed by atoms with Crippen molar-refractivity contribution in [2.45, 2.75) is 51.3 Å². The number of nitrogens with zero attached hydrogens (tertiary/aromatic N) is 3. The quantitative estimate of drug-likeness (QED) is 0.542. The Kier molecular flexibility index (Phi) is 6.73. The maximum absolute atomic E-state index is 13.6. The lowest BCUT2D eigenvalue weighted by atomic mass is 10.0. The van der Waals surface area contributed by atoms with Crippen LogP contribution in [0.25, 0.3) is 0 Å². The van der Waals surface area contributed by atoms with E-state index in [2.05, 4.69) is 9.97 Å². The summed E-state index contributed by atoms with van der Waals surface area (Å²) in [5.74, 6) is 0.733. The third-order valence-corrected chi connectivity index (χ3v) is 7.77. The molecule has 3 aromatic rings. The molecule has 0 aliphatic carbocycles. The minimum atomic E-state index is -5.50. The summed E-state index contributed by atoms with van der Waals surface area (Å²) in [5, 5.41) is 0. The Labute approximate surface area is 197 Å². The Morgan fingerprint density at radius 1 is 1.09 bits per heavy atom. The van der Waals surface area contributed by atoms with Gasteiger partial charge in [-0.3, -0.25) is 0 Å². The molecular weight excluding hydrogens is 465 g/mol. The Morgan fingerprint density at radius 3 is 2.47 bits per heavy atom. The molecule has 0 radical (unpaired) electrons. The average Bonchev–Trinajstić information content (AvgIpc) is 3.12. The maximum atomic E-state index is 13.6. The van der Waals surface area contributed by atoms with Gasteiger partial charge in [-0.1, -0.05) is 42.5 Å².